The van der Waals surface area contributed by atoms with Crippen LogP contribution in [0.25, 0.3) is 0 Å². The van der Waals surface area contributed by atoms with Gasteiger partial charge in [-0.1, -0.05) is 54.4 Å². The smallest absolute Gasteiger partial charge is 0.245 e. The van der Waals surface area contributed by atoms with Gasteiger partial charge in [-0.25, -0.2) is 0 Å². The Bertz CT molecular complexity index is 842. The predicted octanol–water partition coefficient (Wildman–Crippen LogP) is 2.03. The summed E-state index contributed by atoms with van der Waals surface area (Å²) < 4.78 is 5.29. The van der Waals surface area contributed by atoms with Crippen LogP contribution < -0.4 is 16.0 Å². The molecule has 39 heavy (non-hydrogen) atoms. The Morgan fingerprint density at radius 3 is 1.74 bits per heavy atom. The van der Waals surface area contributed by atoms with Crippen LogP contribution in [0, 0.1) is 17.8 Å². The Kier molecular flexibility index (Phi) is 13.5. The van der Waals surface area contributed by atoms with E-state index in [4.69, 9.17) is 4.74 Å². The first-order valence-corrected chi connectivity index (χ1v) is 14.5. The summed E-state index contributed by atoms with van der Waals surface area (Å²) in [4.78, 5) is 55.3. The average molecular weight is 555 g/mol. The van der Waals surface area contributed by atoms with E-state index in [-0.39, 0.29) is 35.5 Å². The van der Waals surface area contributed by atoms with Gasteiger partial charge in [0, 0.05) is 6.04 Å². The second-order valence-electron chi connectivity index (χ2n) is 12.3. The molecule has 226 valence electrons. The topological polar surface area (TPSA) is 140 Å². The van der Waals surface area contributed by atoms with Gasteiger partial charge in [0.2, 0.25) is 17.7 Å². The van der Waals surface area contributed by atoms with Crippen LogP contribution in [-0.2, 0) is 23.9 Å². The molecule has 0 aromatic carbocycles. The minimum atomic E-state index is -1.31. The molecule has 3 amide bonds. The number of rotatable bonds is 17. The second kappa shape index (κ2) is 15.1. The lowest BCUT2D eigenvalue weighted by Gasteiger charge is -2.36. The number of aliphatic hydroxyl groups is 1. The van der Waals surface area contributed by atoms with Crippen molar-refractivity contribution in [3.8, 4) is 0 Å². The Balaban J connectivity index is 3.14. The molecule has 4 N–H and O–H groups in total. The number of carbonyl (C=O) groups excluding carboxylic acids is 4. The lowest BCUT2D eigenvalue weighted by Crippen LogP contribution is -2.62. The normalized spacial score (nSPS) is 22.4. The average Bonchev–Trinajstić information content (AvgIpc) is 3.61. The van der Waals surface area contributed by atoms with Crippen LogP contribution in [0.4, 0.5) is 0 Å². The van der Waals surface area contributed by atoms with Gasteiger partial charge in [0.25, 0.3) is 0 Å². The van der Waals surface area contributed by atoms with Crippen molar-refractivity contribution in [1.82, 2.24) is 20.9 Å². The highest BCUT2D eigenvalue weighted by Crippen LogP contribution is 2.29. The third kappa shape index (κ3) is 9.83. The van der Waals surface area contributed by atoms with Crippen LogP contribution >= 0.6 is 0 Å². The van der Waals surface area contributed by atoms with E-state index >= 15 is 0 Å². The van der Waals surface area contributed by atoms with E-state index in [0.717, 1.165) is 6.42 Å². The molecular formula is C29H54N4O6. The summed E-state index contributed by atoms with van der Waals surface area (Å²) in [6.07, 6.45) is 0.571. The molecule has 0 unspecified atom stereocenters. The van der Waals surface area contributed by atoms with Crippen molar-refractivity contribution in [2.24, 2.45) is 17.8 Å². The highest BCUT2D eigenvalue weighted by atomic mass is 16.6. The van der Waals surface area contributed by atoms with Crippen LogP contribution in [0.2, 0.25) is 0 Å². The van der Waals surface area contributed by atoms with Gasteiger partial charge in [-0.05, 0) is 58.9 Å². The molecule has 1 saturated heterocycles. The number of epoxide rings is 1. The molecular weight excluding hydrogens is 500 g/mol. The molecule has 0 spiro atoms. The molecule has 1 rings (SSSR count). The van der Waals surface area contributed by atoms with Crippen molar-refractivity contribution in [3.63, 3.8) is 0 Å². The standard InChI is InChI=1S/C29H54N4O6/c1-12-18(7)22(31-28(38)24(19(8)13-2)33(11)17(5)6)26(36)32-23(20(9)34)27(37)30-21(14-16(3)4)25(35)29(10)15-39-29/h16-24,34H,12-15H2,1-11H3,(H,30,37)(H,31,38)(H,32,36)/t18-,19-,20+,21-,22-,23-,24-,29+/m0/s1. The first kappa shape index (κ1) is 35.0. The maximum atomic E-state index is 13.5. The van der Waals surface area contributed by atoms with Gasteiger partial charge < -0.3 is 25.8 Å². The van der Waals surface area contributed by atoms with Crippen molar-refractivity contribution in [2.45, 2.75) is 130 Å². The molecule has 1 fully saturated rings. The molecule has 0 aromatic rings. The summed E-state index contributed by atoms with van der Waals surface area (Å²) in [5.74, 6) is -1.74. The van der Waals surface area contributed by atoms with E-state index in [1.54, 1.807) is 6.92 Å². The van der Waals surface area contributed by atoms with Gasteiger partial charge in [-0.3, -0.25) is 24.1 Å². The number of hydrogen-bond donors (Lipinski definition) is 4. The number of nitrogens with zero attached hydrogens (tertiary/aromatic N) is 1. The highest BCUT2D eigenvalue weighted by Gasteiger charge is 2.50. The second-order valence-corrected chi connectivity index (χ2v) is 12.3. The molecule has 1 heterocycles. The zero-order valence-corrected chi connectivity index (χ0v) is 26.0. The first-order chi connectivity index (χ1) is 18.0. The summed E-state index contributed by atoms with van der Waals surface area (Å²) in [5, 5.41) is 18.8. The van der Waals surface area contributed by atoms with Gasteiger partial charge in [-0.2, -0.15) is 0 Å². The maximum absolute atomic E-state index is 13.5. The number of likely N-dealkylation sites (N-methyl/N-ethyl adjacent to an activating group) is 1. The molecule has 0 aromatic heterocycles. The number of Topliss-reactive ketones (excluding diaryl/α,β-unsaturated/α-hetero) is 1. The van der Waals surface area contributed by atoms with Crippen molar-refractivity contribution >= 4 is 23.5 Å². The van der Waals surface area contributed by atoms with Crippen molar-refractivity contribution in [3.05, 3.63) is 0 Å². The molecule has 0 radical (unpaired) electrons. The number of hydrogen-bond acceptors (Lipinski definition) is 7. The van der Waals surface area contributed by atoms with E-state index in [9.17, 15) is 24.3 Å². The van der Waals surface area contributed by atoms with Crippen molar-refractivity contribution in [2.75, 3.05) is 13.7 Å². The van der Waals surface area contributed by atoms with E-state index in [1.807, 2.05) is 67.3 Å². The van der Waals surface area contributed by atoms with Crippen molar-refractivity contribution < 1.29 is 29.0 Å². The van der Waals surface area contributed by atoms with E-state index in [1.165, 1.54) is 6.92 Å². The monoisotopic (exact) mass is 554 g/mol. The highest BCUT2D eigenvalue weighted by molar-refractivity contribution is 5.98. The molecule has 10 heteroatoms. The van der Waals surface area contributed by atoms with Gasteiger partial charge in [0.05, 0.1) is 24.8 Å². The van der Waals surface area contributed by atoms with Crippen LogP contribution in [0.15, 0.2) is 0 Å². The zero-order chi connectivity index (χ0) is 30.2. The Morgan fingerprint density at radius 2 is 1.33 bits per heavy atom. The number of nitrogens with one attached hydrogen (secondary N) is 3. The molecule has 0 bridgehead atoms. The molecule has 1 aliphatic rings. The quantitative estimate of drug-likeness (QED) is 0.202. The van der Waals surface area contributed by atoms with Crippen molar-refractivity contribution in [1.29, 1.82) is 0 Å². The first-order valence-electron chi connectivity index (χ1n) is 14.5. The summed E-state index contributed by atoms with van der Waals surface area (Å²) in [5.41, 5.74) is -0.919. The Labute approximate surface area is 235 Å². The SMILES string of the molecule is CC[C@H](C)[C@H](NC(=O)[C@H]([C@@H](C)CC)N(C)C(C)C)C(=O)N[C@H](C(=O)N[C@@H](CC(C)C)C(=O)[C@@]1(C)CO1)[C@@H](C)O. The largest absolute Gasteiger partial charge is 0.391 e. The lowest BCUT2D eigenvalue weighted by atomic mass is 9.92. The lowest BCUT2D eigenvalue weighted by molar-refractivity contribution is -0.138. The molecule has 8 atom stereocenters. The Morgan fingerprint density at radius 1 is 0.846 bits per heavy atom. The number of amides is 3. The fourth-order valence-electron chi connectivity index (χ4n) is 4.56. The Hall–Kier alpha value is -2.04. The minimum absolute atomic E-state index is 0.0572. The summed E-state index contributed by atoms with van der Waals surface area (Å²) >= 11 is 0. The van der Waals surface area contributed by atoms with E-state index < -0.39 is 47.7 Å². The number of ether oxygens (including phenoxy) is 1. The summed E-state index contributed by atoms with van der Waals surface area (Å²) in [6.45, 7) is 19.1. The van der Waals surface area contributed by atoms with Gasteiger partial charge in [0.15, 0.2) is 5.78 Å². The summed E-state index contributed by atoms with van der Waals surface area (Å²) in [6, 6.07) is -3.33. The van der Waals surface area contributed by atoms with Crippen LogP contribution in [0.1, 0.15) is 88.5 Å². The van der Waals surface area contributed by atoms with Gasteiger partial charge >= 0.3 is 0 Å². The van der Waals surface area contributed by atoms with E-state index in [0.29, 0.717) is 19.4 Å². The molecule has 0 saturated carbocycles. The fraction of sp³-hybridized carbons (Fsp3) is 0.862. The molecule has 1 aliphatic heterocycles. The van der Waals surface area contributed by atoms with Gasteiger partial charge in [0.1, 0.15) is 17.7 Å². The number of ketones is 1. The molecule has 0 aliphatic carbocycles. The van der Waals surface area contributed by atoms with Crippen LogP contribution in [0.3, 0.4) is 0 Å². The zero-order valence-electron chi connectivity index (χ0n) is 26.0. The van der Waals surface area contributed by atoms with Crippen LogP contribution in [-0.4, -0.2) is 89.1 Å². The molecule has 10 nitrogen and oxygen atoms in total. The summed E-state index contributed by atoms with van der Waals surface area (Å²) in [7, 11) is 1.90. The number of aliphatic hydroxyl groups excluding tert-OH is 1. The fourth-order valence-corrected chi connectivity index (χ4v) is 4.56. The third-order valence-corrected chi connectivity index (χ3v) is 8.00. The third-order valence-electron chi connectivity index (χ3n) is 8.00. The maximum Gasteiger partial charge on any atom is 0.245 e. The number of carbonyl (C=O) groups is 4. The minimum Gasteiger partial charge on any atom is -0.391 e. The van der Waals surface area contributed by atoms with E-state index in [2.05, 4.69) is 16.0 Å². The predicted molar refractivity (Wildman–Crippen MR) is 152 cm³/mol. The van der Waals surface area contributed by atoms with Gasteiger partial charge in [-0.15, -0.1) is 0 Å². The van der Waals surface area contributed by atoms with Crippen LogP contribution in [0.5, 0.6) is 0 Å².